The third kappa shape index (κ3) is 3.51. The van der Waals surface area contributed by atoms with E-state index in [0.29, 0.717) is 12.0 Å². The van der Waals surface area contributed by atoms with Crippen LogP contribution in [0.1, 0.15) is 55.9 Å². The van der Waals surface area contributed by atoms with Gasteiger partial charge in [-0.3, -0.25) is 0 Å². The van der Waals surface area contributed by atoms with E-state index in [0.717, 1.165) is 19.3 Å². The van der Waals surface area contributed by atoms with Gasteiger partial charge < -0.3 is 5.32 Å². The van der Waals surface area contributed by atoms with E-state index in [2.05, 4.69) is 22.8 Å². The van der Waals surface area contributed by atoms with Crippen molar-refractivity contribution < 1.29 is 8.42 Å². The SMILES string of the molecule is CS(=O)(=O)C1CCCC1NC(c1cccs1)C1CCCC1. The fraction of sp³-hybridized carbons (Fsp3) is 0.750. The number of sulfone groups is 1. The molecule has 2 fully saturated rings. The van der Waals surface area contributed by atoms with Gasteiger partial charge in [0.15, 0.2) is 9.84 Å². The fourth-order valence-electron chi connectivity index (χ4n) is 4.07. The van der Waals surface area contributed by atoms with Crippen LogP contribution in [-0.2, 0) is 9.84 Å². The van der Waals surface area contributed by atoms with E-state index in [1.165, 1.54) is 36.8 Å². The van der Waals surface area contributed by atoms with Crippen molar-refractivity contribution in [1.82, 2.24) is 5.32 Å². The fourth-order valence-corrected chi connectivity index (χ4v) is 6.35. The van der Waals surface area contributed by atoms with Gasteiger partial charge in [0.05, 0.1) is 5.25 Å². The first-order valence-electron chi connectivity index (χ1n) is 8.04. The lowest BCUT2D eigenvalue weighted by Gasteiger charge is -2.30. The van der Waals surface area contributed by atoms with Gasteiger partial charge in [-0.15, -0.1) is 11.3 Å². The summed E-state index contributed by atoms with van der Waals surface area (Å²) < 4.78 is 24.0. The Kier molecular flexibility index (Phi) is 4.71. The molecule has 0 spiro atoms. The van der Waals surface area contributed by atoms with E-state index in [1.807, 2.05) is 0 Å². The first kappa shape index (κ1) is 15.5. The summed E-state index contributed by atoms with van der Waals surface area (Å²) in [5.41, 5.74) is 0. The summed E-state index contributed by atoms with van der Waals surface area (Å²) in [6.45, 7) is 0. The van der Waals surface area contributed by atoms with Gasteiger partial charge in [0.25, 0.3) is 0 Å². The molecule has 1 heterocycles. The van der Waals surface area contributed by atoms with Gasteiger partial charge in [0.2, 0.25) is 0 Å². The van der Waals surface area contributed by atoms with Gasteiger partial charge in [-0.1, -0.05) is 25.3 Å². The van der Waals surface area contributed by atoms with Crippen LogP contribution in [0, 0.1) is 5.92 Å². The van der Waals surface area contributed by atoms with Crippen LogP contribution in [-0.4, -0.2) is 26.0 Å². The second kappa shape index (κ2) is 6.39. The molecule has 5 heteroatoms. The number of thiophene rings is 1. The van der Waals surface area contributed by atoms with Gasteiger partial charge in [-0.05, 0) is 43.0 Å². The minimum absolute atomic E-state index is 0.132. The molecule has 118 valence electrons. The van der Waals surface area contributed by atoms with E-state index in [4.69, 9.17) is 0 Å². The molecule has 0 bridgehead atoms. The summed E-state index contributed by atoms with van der Waals surface area (Å²) in [7, 11) is -2.95. The number of rotatable bonds is 5. The first-order valence-corrected chi connectivity index (χ1v) is 10.9. The van der Waals surface area contributed by atoms with Crippen molar-refractivity contribution in [3.63, 3.8) is 0 Å². The Morgan fingerprint density at radius 3 is 2.57 bits per heavy atom. The Bertz CT molecular complexity index is 547. The smallest absolute Gasteiger partial charge is 0.151 e. The predicted octanol–water partition coefficient (Wildman–Crippen LogP) is 3.53. The van der Waals surface area contributed by atoms with Crippen molar-refractivity contribution in [2.24, 2.45) is 5.92 Å². The number of hydrogen-bond acceptors (Lipinski definition) is 4. The molecule has 3 unspecified atom stereocenters. The van der Waals surface area contributed by atoms with Gasteiger partial charge in [-0.25, -0.2) is 8.42 Å². The average molecular weight is 328 g/mol. The Balaban J connectivity index is 1.78. The Morgan fingerprint density at radius 2 is 1.95 bits per heavy atom. The van der Waals surface area contributed by atoms with Crippen LogP contribution in [0.15, 0.2) is 17.5 Å². The van der Waals surface area contributed by atoms with Gasteiger partial charge in [0, 0.05) is 23.2 Å². The zero-order valence-corrected chi connectivity index (χ0v) is 14.3. The van der Waals surface area contributed by atoms with E-state index in [9.17, 15) is 8.42 Å². The van der Waals surface area contributed by atoms with Crippen LogP contribution < -0.4 is 5.32 Å². The number of hydrogen-bond donors (Lipinski definition) is 1. The van der Waals surface area contributed by atoms with Crippen LogP contribution in [0.5, 0.6) is 0 Å². The Labute approximate surface area is 132 Å². The minimum Gasteiger partial charge on any atom is -0.305 e. The van der Waals surface area contributed by atoms with Crippen LogP contribution >= 0.6 is 11.3 Å². The summed E-state index contributed by atoms with van der Waals surface area (Å²) in [5, 5.41) is 5.68. The largest absolute Gasteiger partial charge is 0.305 e. The van der Waals surface area contributed by atoms with E-state index in [-0.39, 0.29) is 11.3 Å². The van der Waals surface area contributed by atoms with Crippen molar-refractivity contribution in [2.75, 3.05) is 6.26 Å². The maximum atomic E-state index is 12.0. The van der Waals surface area contributed by atoms with Gasteiger partial charge in [0.1, 0.15) is 0 Å². The monoisotopic (exact) mass is 327 g/mol. The molecule has 2 aliphatic rings. The second-order valence-electron chi connectivity index (χ2n) is 6.61. The topological polar surface area (TPSA) is 46.2 Å². The molecule has 2 saturated carbocycles. The zero-order chi connectivity index (χ0) is 14.9. The first-order chi connectivity index (χ1) is 10.1. The molecule has 0 aromatic carbocycles. The molecular formula is C16H25NO2S2. The molecule has 3 atom stereocenters. The van der Waals surface area contributed by atoms with Crippen molar-refractivity contribution in [3.8, 4) is 0 Å². The molecule has 3 rings (SSSR count). The highest BCUT2D eigenvalue weighted by Gasteiger charge is 2.38. The molecule has 3 nitrogen and oxygen atoms in total. The van der Waals surface area contributed by atoms with Crippen LogP contribution in [0.3, 0.4) is 0 Å². The van der Waals surface area contributed by atoms with E-state index < -0.39 is 9.84 Å². The molecule has 0 radical (unpaired) electrons. The highest BCUT2D eigenvalue weighted by atomic mass is 32.2. The quantitative estimate of drug-likeness (QED) is 0.900. The second-order valence-corrected chi connectivity index (χ2v) is 9.85. The molecule has 1 N–H and O–H groups in total. The van der Waals surface area contributed by atoms with Crippen LogP contribution in [0.4, 0.5) is 0 Å². The molecule has 1 aromatic heterocycles. The van der Waals surface area contributed by atoms with Crippen molar-refractivity contribution in [3.05, 3.63) is 22.4 Å². The molecule has 0 saturated heterocycles. The minimum atomic E-state index is -2.95. The van der Waals surface area contributed by atoms with Crippen molar-refractivity contribution >= 4 is 21.2 Å². The van der Waals surface area contributed by atoms with E-state index >= 15 is 0 Å². The lowest BCUT2D eigenvalue weighted by Crippen LogP contribution is -2.43. The normalized spacial score (nSPS) is 29.0. The Morgan fingerprint density at radius 1 is 1.19 bits per heavy atom. The molecule has 0 aliphatic heterocycles. The predicted molar refractivity (Wildman–Crippen MR) is 88.4 cm³/mol. The molecular weight excluding hydrogens is 302 g/mol. The standard InChI is InChI=1S/C16H25NO2S2/c1-21(18,19)15-10-4-8-13(15)17-16(12-6-2-3-7-12)14-9-5-11-20-14/h5,9,11-13,15-17H,2-4,6-8,10H2,1H3. The maximum absolute atomic E-state index is 12.0. The summed E-state index contributed by atoms with van der Waals surface area (Å²) in [6.07, 6.45) is 9.40. The molecule has 21 heavy (non-hydrogen) atoms. The van der Waals surface area contributed by atoms with Crippen molar-refractivity contribution in [1.29, 1.82) is 0 Å². The molecule has 1 aromatic rings. The maximum Gasteiger partial charge on any atom is 0.151 e. The van der Waals surface area contributed by atoms with Gasteiger partial charge >= 0.3 is 0 Å². The number of nitrogens with one attached hydrogen (secondary N) is 1. The van der Waals surface area contributed by atoms with Gasteiger partial charge in [-0.2, -0.15) is 0 Å². The van der Waals surface area contributed by atoms with Crippen LogP contribution in [0.2, 0.25) is 0 Å². The lowest BCUT2D eigenvalue weighted by atomic mass is 9.95. The highest BCUT2D eigenvalue weighted by molar-refractivity contribution is 7.91. The van der Waals surface area contributed by atoms with Crippen LogP contribution in [0.25, 0.3) is 0 Å². The average Bonchev–Trinajstić information content (AvgIpc) is 3.17. The Hall–Kier alpha value is -0.390. The lowest BCUT2D eigenvalue weighted by molar-refractivity contribution is 0.333. The summed E-state index contributed by atoms with van der Waals surface area (Å²) in [6, 6.07) is 4.78. The molecule has 2 aliphatic carbocycles. The summed E-state index contributed by atoms with van der Waals surface area (Å²) in [5.74, 6) is 0.671. The summed E-state index contributed by atoms with van der Waals surface area (Å²) >= 11 is 1.80. The highest BCUT2D eigenvalue weighted by Crippen LogP contribution is 2.39. The van der Waals surface area contributed by atoms with E-state index in [1.54, 1.807) is 11.3 Å². The molecule has 0 amide bonds. The third-order valence-electron chi connectivity index (χ3n) is 5.12. The zero-order valence-electron chi connectivity index (χ0n) is 12.6. The summed E-state index contributed by atoms with van der Waals surface area (Å²) in [4.78, 5) is 1.38. The van der Waals surface area contributed by atoms with Crippen molar-refractivity contribution in [2.45, 2.75) is 62.3 Å². The third-order valence-corrected chi connectivity index (χ3v) is 7.74.